The summed E-state index contributed by atoms with van der Waals surface area (Å²) >= 11 is 0. The fraction of sp³-hybridized carbons (Fsp3) is 0.100. The minimum absolute atomic E-state index is 0.168. The molecule has 138 valence electrons. The van der Waals surface area contributed by atoms with Crippen molar-refractivity contribution in [2.24, 2.45) is 0 Å². The maximum Gasteiger partial charge on any atom is 0.267 e. The van der Waals surface area contributed by atoms with Gasteiger partial charge in [0.1, 0.15) is 6.54 Å². The first kappa shape index (κ1) is 17.3. The van der Waals surface area contributed by atoms with Crippen molar-refractivity contribution in [1.82, 2.24) is 9.78 Å². The Morgan fingerprint density at radius 2 is 1.89 bits per heavy atom. The van der Waals surface area contributed by atoms with Gasteiger partial charge in [-0.3, -0.25) is 9.59 Å². The van der Waals surface area contributed by atoms with Crippen LogP contribution in [0.5, 0.6) is 11.5 Å². The molecule has 1 aliphatic heterocycles. The lowest BCUT2D eigenvalue weighted by Gasteiger charge is -2.09. The summed E-state index contributed by atoms with van der Waals surface area (Å²) < 4.78 is 11.7. The van der Waals surface area contributed by atoms with Gasteiger partial charge in [-0.1, -0.05) is 0 Å². The molecule has 2 aromatic carbocycles. The summed E-state index contributed by atoms with van der Waals surface area (Å²) in [7, 11) is 0. The molecule has 3 aromatic rings. The van der Waals surface area contributed by atoms with Crippen molar-refractivity contribution in [3.05, 3.63) is 70.5 Å². The van der Waals surface area contributed by atoms with E-state index < -0.39 is 5.91 Å². The molecular formula is C20H14N4O4. The van der Waals surface area contributed by atoms with Crippen molar-refractivity contribution in [2.45, 2.75) is 6.54 Å². The van der Waals surface area contributed by atoms with E-state index in [1.54, 1.807) is 42.5 Å². The predicted octanol–water partition coefficient (Wildman–Crippen LogP) is 2.15. The normalized spacial score (nSPS) is 11.7. The highest BCUT2D eigenvalue weighted by molar-refractivity contribution is 5.90. The average Bonchev–Trinajstić information content (AvgIpc) is 3.18. The van der Waals surface area contributed by atoms with Crippen LogP contribution in [-0.2, 0) is 11.3 Å². The van der Waals surface area contributed by atoms with Gasteiger partial charge in [0.05, 0.1) is 17.3 Å². The lowest BCUT2D eigenvalue weighted by molar-refractivity contribution is -0.117. The van der Waals surface area contributed by atoms with Crippen LogP contribution < -0.4 is 20.3 Å². The molecule has 0 fully saturated rings. The molecule has 0 spiro atoms. The molecule has 8 nitrogen and oxygen atoms in total. The van der Waals surface area contributed by atoms with Gasteiger partial charge in [0.15, 0.2) is 11.5 Å². The Kier molecular flexibility index (Phi) is 4.48. The maximum absolute atomic E-state index is 12.3. The molecule has 28 heavy (non-hydrogen) atoms. The van der Waals surface area contributed by atoms with Gasteiger partial charge < -0.3 is 14.8 Å². The summed E-state index contributed by atoms with van der Waals surface area (Å²) in [6.45, 7) is -0.0710. The Morgan fingerprint density at radius 3 is 2.68 bits per heavy atom. The number of amides is 1. The van der Waals surface area contributed by atoms with Gasteiger partial charge in [-0.05, 0) is 48.5 Å². The number of hydrogen-bond acceptors (Lipinski definition) is 6. The van der Waals surface area contributed by atoms with Crippen molar-refractivity contribution in [2.75, 3.05) is 12.1 Å². The Hall–Kier alpha value is -4.12. The van der Waals surface area contributed by atoms with Crippen LogP contribution in [0.1, 0.15) is 5.56 Å². The van der Waals surface area contributed by atoms with E-state index in [9.17, 15) is 9.59 Å². The first-order valence-corrected chi connectivity index (χ1v) is 8.40. The number of nitrogens with one attached hydrogen (secondary N) is 1. The molecule has 0 unspecified atom stereocenters. The highest BCUT2D eigenvalue weighted by atomic mass is 16.7. The smallest absolute Gasteiger partial charge is 0.267 e. The summed E-state index contributed by atoms with van der Waals surface area (Å²) in [5.41, 5.74) is 1.91. The number of aromatic nitrogens is 2. The quantitative estimate of drug-likeness (QED) is 0.750. The molecule has 4 rings (SSSR count). The lowest BCUT2D eigenvalue weighted by atomic mass is 10.1. The van der Waals surface area contributed by atoms with Crippen LogP contribution in [0.2, 0.25) is 0 Å². The number of carbonyl (C=O) groups excluding carboxylic acids is 1. The Balaban J connectivity index is 1.53. The van der Waals surface area contributed by atoms with Gasteiger partial charge in [-0.15, -0.1) is 0 Å². The van der Waals surface area contributed by atoms with Crippen LogP contribution >= 0.6 is 0 Å². The lowest BCUT2D eigenvalue weighted by Crippen LogP contribution is -2.29. The minimum Gasteiger partial charge on any atom is -0.454 e. The monoisotopic (exact) mass is 374 g/mol. The second-order valence-electron chi connectivity index (χ2n) is 6.02. The fourth-order valence-corrected chi connectivity index (χ4v) is 2.74. The van der Waals surface area contributed by atoms with E-state index >= 15 is 0 Å². The minimum atomic E-state index is -0.401. The highest BCUT2D eigenvalue weighted by Gasteiger charge is 2.15. The molecule has 0 radical (unpaired) electrons. The maximum atomic E-state index is 12.3. The molecule has 2 heterocycles. The zero-order chi connectivity index (χ0) is 19.5. The first-order valence-electron chi connectivity index (χ1n) is 8.40. The van der Waals surface area contributed by atoms with E-state index in [2.05, 4.69) is 10.4 Å². The number of benzene rings is 2. The van der Waals surface area contributed by atoms with Crippen LogP contribution in [0, 0.1) is 11.3 Å². The SMILES string of the molecule is N#Cc1ccc(NC(=O)Cn2nc(-c3ccc4c(c3)OCO4)ccc2=O)cc1. The molecule has 1 amide bonds. The molecule has 0 saturated heterocycles. The molecule has 1 aromatic heterocycles. The molecule has 0 bridgehead atoms. The van der Waals surface area contributed by atoms with Gasteiger partial charge in [-0.2, -0.15) is 10.4 Å². The van der Waals surface area contributed by atoms with Crippen LogP contribution in [-0.4, -0.2) is 22.5 Å². The Bertz CT molecular complexity index is 1150. The number of anilines is 1. The Morgan fingerprint density at radius 1 is 1.11 bits per heavy atom. The molecular weight excluding hydrogens is 360 g/mol. The number of ether oxygens (including phenoxy) is 2. The molecule has 1 N–H and O–H groups in total. The number of carbonyl (C=O) groups is 1. The molecule has 0 saturated carbocycles. The molecule has 1 aliphatic rings. The van der Waals surface area contributed by atoms with Crippen LogP contribution in [0.4, 0.5) is 5.69 Å². The number of nitriles is 1. The second kappa shape index (κ2) is 7.25. The van der Waals surface area contributed by atoms with E-state index in [0.717, 1.165) is 10.2 Å². The topological polar surface area (TPSA) is 106 Å². The summed E-state index contributed by atoms with van der Waals surface area (Å²) in [5, 5.41) is 15.8. The van der Waals surface area contributed by atoms with Gasteiger partial charge in [0.25, 0.3) is 5.56 Å². The third-order valence-corrected chi connectivity index (χ3v) is 4.13. The number of rotatable bonds is 4. The summed E-state index contributed by atoms with van der Waals surface area (Å²) in [5.74, 6) is 0.858. The second-order valence-corrected chi connectivity index (χ2v) is 6.02. The third-order valence-electron chi connectivity index (χ3n) is 4.13. The fourth-order valence-electron chi connectivity index (χ4n) is 2.74. The third kappa shape index (κ3) is 3.54. The van der Waals surface area contributed by atoms with Gasteiger partial charge >= 0.3 is 0 Å². The van der Waals surface area contributed by atoms with Crippen LogP contribution in [0.15, 0.2) is 59.4 Å². The molecule has 0 aliphatic carbocycles. The summed E-state index contributed by atoms with van der Waals surface area (Å²) in [4.78, 5) is 24.4. The van der Waals surface area contributed by atoms with E-state index in [0.29, 0.717) is 28.4 Å². The number of fused-ring (bicyclic) bond motifs is 1. The zero-order valence-electron chi connectivity index (χ0n) is 14.6. The van der Waals surface area contributed by atoms with Crippen molar-refractivity contribution < 1.29 is 14.3 Å². The predicted molar refractivity (Wildman–Crippen MR) is 99.8 cm³/mol. The van der Waals surface area contributed by atoms with Crippen molar-refractivity contribution >= 4 is 11.6 Å². The summed E-state index contributed by atoms with van der Waals surface area (Å²) in [6, 6.07) is 16.8. The standard InChI is InChI=1S/C20H14N4O4/c21-10-13-1-4-15(5-2-13)22-19(25)11-24-20(26)8-6-16(23-24)14-3-7-17-18(9-14)28-12-27-17/h1-9H,11-12H2,(H,22,25). The van der Waals surface area contributed by atoms with E-state index in [-0.39, 0.29) is 18.9 Å². The van der Waals surface area contributed by atoms with Crippen LogP contribution in [0.25, 0.3) is 11.3 Å². The van der Waals surface area contributed by atoms with Crippen molar-refractivity contribution in [3.63, 3.8) is 0 Å². The van der Waals surface area contributed by atoms with Crippen molar-refractivity contribution in [1.29, 1.82) is 5.26 Å². The first-order chi connectivity index (χ1) is 13.6. The van der Waals surface area contributed by atoms with Gasteiger partial charge in [0, 0.05) is 17.3 Å². The van der Waals surface area contributed by atoms with Crippen LogP contribution in [0.3, 0.4) is 0 Å². The van der Waals surface area contributed by atoms with Crippen molar-refractivity contribution in [3.8, 4) is 28.8 Å². The highest BCUT2D eigenvalue weighted by Crippen LogP contribution is 2.35. The van der Waals surface area contributed by atoms with E-state index in [4.69, 9.17) is 14.7 Å². The average molecular weight is 374 g/mol. The van der Waals surface area contributed by atoms with E-state index in [1.165, 1.54) is 6.07 Å². The van der Waals surface area contributed by atoms with Gasteiger partial charge in [0.2, 0.25) is 12.7 Å². The number of hydrogen-bond donors (Lipinski definition) is 1. The molecule has 8 heteroatoms. The summed E-state index contributed by atoms with van der Waals surface area (Å²) in [6.07, 6.45) is 0. The Labute approximate surface area is 159 Å². The zero-order valence-corrected chi connectivity index (χ0v) is 14.6. The van der Waals surface area contributed by atoms with Gasteiger partial charge in [-0.25, -0.2) is 4.68 Å². The number of nitrogens with zero attached hydrogens (tertiary/aromatic N) is 3. The largest absolute Gasteiger partial charge is 0.454 e. The van der Waals surface area contributed by atoms with E-state index in [1.807, 2.05) is 12.1 Å². The molecule has 0 atom stereocenters.